The highest BCUT2D eigenvalue weighted by molar-refractivity contribution is 9.10. The van der Waals surface area contributed by atoms with Gasteiger partial charge in [0.15, 0.2) is 11.6 Å². The fraction of sp³-hybridized carbons (Fsp3) is 0.400. The molecule has 1 atom stereocenters. The molecule has 0 heterocycles. The molecule has 0 aliphatic rings. The highest BCUT2D eigenvalue weighted by atomic mass is 79.9. The second-order valence-corrected chi connectivity index (χ2v) is 4.02. The number of halogens is 2. The van der Waals surface area contributed by atoms with Gasteiger partial charge in [0, 0.05) is 10.0 Å². The molecule has 0 radical (unpaired) electrons. The van der Waals surface area contributed by atoms with Gasteiger partial charge in [0.25, 0.3) is 0 Å². The Bertz CT molecular complexity index is 346. The Balaban J connectivity index is 3.13. The maximum Gasteiger partial charge on any atom is 0.166 e. The number of methoxy groups -OCH3 is 1. The van der Waals surface area contributed by atoms with Gasteiger partial charge >= 0.3 is 0 Å². The Labute approximate surface area is 96.2 Å². The van der Waals surface area contributed by atoms with Crippen LogP contribution in [0.15, 0.2) is 16.6 Å². The van der Waals surface area contributed by atoms with Gasteiger partial charge in [-0.3, -0.25) is 0 Å². The second-order valence-electron chi connectivity index (χ2n) is 3.10. The van der Waals surface area contributed by atoms with Crippen LogP contribution >= 0.6 is 15.9 Å². The maximum absolute atomic E-state index is 13.4. The normalized spacial score (nSPS) is 12.6. The van der Waals surface area contributed by atoms with Crippen molar-refractivity contribution in [2.24, 2.45) is 5.73 Å². The number of aliphatic hydroxyl groups excluding tert-OH is 1. The lowest BCUT2D eigenvalue weighted by atomic mass is 10.1. The number of ether oxygens (including phenoxy) is 1. The largest absolute Gasteiger partial charge is 0.493 e. The van der Waals surface area contributed by atoms with Crippen LogP contribution < -0.4 is 10.5 Å². The van der Waals surface area contributed by atoms with Gasteiger partial charge in [0.1, 0.15) is 0 Å². The number of aliphatic hydroxyl groups is 1. The Morgan fingerprint density at radius 2 is 2.27 bits per heavy atom. The van der Waals surface area contributed by atoms with E-state index >= 15 is 0 Å². The molecule has 0 spiro atoms. The van der Waals surface area contributed by atoms with Gasteiger partial charge in [0.05, 0.1) is 13.2 Å². The van der Waals surface area contributed by atoms with Crippen molar-refractivity contribution < 1.29 is 14.2 Å². The molecule has 1 aromatic rings. The van der Waals surface area contributed by atoms with Crippen LogP contribution in [0, 0.1) is 5.82 Å². The van der Waals surface area contributed by atoms with E-state index in [1.807, 2.05) is 0 Å². The van der Waals surface area contributed by atoms with Crippen molar-refractivity contribution in [3.63, 3.8) is 0 Å². The average molecular weight is 278 g/mol. The Kier molecular flexibility index (Phi) is 4.50. The molecule has 3 N–H and O–H groups in total. The number of rotatable bonds is 4. The van der Waals surface area contributed by atoms with Gasteiger partial charge in [-0.25, -0.2) is 4.39 Å². The molecule has 3 nitrogen and oxygen atoms in total. The maximum atomic E-state index is 13.4. The lowest BCUT2D eigenvalue weighted by Crippen LogP contribution is -2.08. The first-order valence-electron chi connectivity index (χ1n) is 4.51. The molecule has 15 heavy (non-hydrogen) atoms. The molecule has 0 bridgehead atoms. The lowest BCUT2D eigenvalue weighted by molar-refractivity contribution is 0.165. The van der Waals surface area contributed by atoms with E-state index in [1.54, 1.807) is 6.07 Å². The number of nitrogens with two attached hydrogens (primary N) is 1. The molecule has 0 saturated heterocycles. The second kappa shape index (κ2) is 5.44. The summed E-state index contributed by atoms with van der Waals surface area (Å²) in [6.45, 7) is 0.332. The van der Waals surface area contributed by atoms with Crippen molar-refractivity contribution in [3.8, 4) is 5.75 Å². The van der Waals surface area contributed by atoms with Gasteiger partial charge in [-0.1, -0.05) is 15.9 Å². The van der Waals surface area contributed by atoms with E-state index in [2.05, 4.69) is 15.9 Å². The summed E-state index contributed by atoms with van der Waals surface area (Å²) in [7, 11) is 1.37. The molecular formula is C10H13BrFNO2. The van der Waals surface area contributed by atoms with E-state index in [-0.39, 0.29) is 5.75 Å². The van der Waals surface area contributed by atoms with E-state index in [0.717, 1.165) is 0 Å². The highest BCUT2D eigenvalue weighted by Gasteiger charge is 2.17. The number of hydrogen-bond donors (Lipinski definition) is 2. The zero-order valence-electron chi connectivity index (χ0n) is 8.34. The first-order chi connectivity index (χ1) is 7.10. The predicted octanol–water partition coefficient (Wildman–Crippen LogP) is 1.98. The molecule has 0 unspecified atom stereocenters. The van der Waals surface area contributed by atoms with E-state index < -0.39 is 11.9 Å². The van der Waals surface area contributed by atoms with Gasteiger partial charge in [0.2, 0.25) is 0 Å². The standard InChI is InChI=1S/C10H13BrFNO2/c1-15-10-7(9(14)2-3-13)4-6(11)5-8(10)12/h4-5,9,14H,2-3,13H2,1H3/t9-/m1/s1. The van der Waals surface area contributed by atoms with Crippen molar-refractivity contribution in [2.45, 2.75) is 12.5 Å². The average Bonchev–Trinajstić information content (AvgIpc) is 2.17. The van der Waals surface area contributed by atoms with Crippen molar-refractivity contribution in [1.29, 1.82) is 0 Å². The van der Waals surface area contributed by atoms with Crippen LogP contribution in [0.5, 0.6) is 5.75 Å². The first-order valence-corrected chi connectivity index (χ1v) is 5.30. The molecule has 5 heteroatoms. The van der Waals surface area contributed by atoms with Crippen LogP contribution in [-0.2, 0) is 0 Å². The molecule has 0 aliphatic carbocycles. The smallest absolute Gasteiger partial charge is 0.166 e. The fourth-order valence-electron chi connectivity index (χ4n) is 1.36. The van der Waals surface area contributed by atoms with Crippen LogP contribution in [0.1, 0.15) is 18.1 Å². The summed E-state index contributed by atoms with van der Waals surface area (Å²) < 4.78 is 18.9. The van der Waals surface area contributed by atoms with Gasteiger partial charge in [-0.2, -0.15) is 0 Å². The predicted molar refractivity (Wildman–Crippen MR) is 59.3 cm³/mol. The molecular weight excluding hydrogens is 265 g/mol. The summed E-state index contributed by atoms with van der Waals surface area (Å²) in [5.74, 6) is -0.433. The zero-order chi connectivity index (χ0) is 11.4. The van der Waals surface area contributed by atoms with Gasteiger partial charge in [-0.05, 0) is 25.1 Å². The zero-order valence-corrected chi connectivity index (χ0v) is 9.92. The minimum Gasteiger partial charge on any atom is -0.493 e. The van der Waals surface area contributed by atoms with E-state index in [9.17, 15) is 9.50 Å². The SMILES string of the molecule is COc1c(F)cc(Br)cc1[C@H](O)CCN. The molecule has 0 amide bonds. The topological polar surface area (TPSA) is 55.5 Å². The Morgan fingerprint density at radius 1 is 1.60 bits per heavy atom. The Morgan fingerprint density at radius 3 is 2.80 bits per heavy atom. The van der Waals surface area contributed by atoms with Crippen molar-refractivity contribution >= 4 is 15.9 Å². The van der Waals surface area contributed by atoms with Gasteiger partial charge < -0.3 is 15.6 Å². The minimum atomic E-state index is -0.808. The lowest BCUT2D eigenvalue weighted by Gasteiger charge is -2.15. The molecule has 1 rings (SSSR count). The van der Waals surface area contributed by atoms with Crippen LogP contribution in [0.3, 0.4) is 0 Å². The summed E-state index contributed by atoms with van der Waals surface area (Å²) in [5.41, 5.74) is 5.74. The molecule has 0 fully saturated rings. The summed E-state index contributed by atoms with van der Waals surface area (Å²) in [6, 6.07) is 2.92. The molecule has 0 aliphatic heterocycles. The Hall–Kier alpha value is -0.650. The molecule has 0 aromatic heterocycles. The van der Waals surface area contributed by atoms with Crippen LogP contribution in [0.25, 0.3) is 0 Å². The summed E-state index contributed by atoms with van der Waals surface area (Å²) >= 11 is 3.16. The summed E-state index contributed by atoms with van der Waals surface area (Å²) in [5, 5.41) is 9.73. The third kappa shape index (κ3) is 2.90. The van der Waals surface area contributed by atoms with Gasteiger partial charge in [-0.15, -0.1) is 0 Å². The first kappa shape index (κ1) is 12.4. The fourth-order valence-corrected chi connectivity index (χ4v) is 1.80. The van der Waals surface area contributed by atoms with E-state index in [4.69, 9.17) is 10.5 Å². The van der Waals surface area contributed by atoms with Crippen LogP contribution in [0.4, 0.5) is 4.39 Å². The highest BCUT2D eigenvalue weighted by Crippen LogP contribution is 2.32. The van der Waals surface area contributed by atoms with E-state index in [0.29, 0.717) is 23.0 Å². The minimum absolute atomic E-state index is 0.0687. The molecule has 0 saturated carbocycles. The summed E-state index contributed by atoms with van der Waals surface area (Å²) in [4.78, 5) is 0. The molecule has 1 aromatic carbocycles. The number of hydrogen-bond acceptors (Lipinski definition) is 3. The van der Waals surface area contributed by atoms with Crippen LogP contribution in [-0.4, -0.2) is 18.8 Å². The van der Waals surface area contributed by atoms with Crippen molar-refractivity contribution in [1.82, 2.24) is 0 Å². The van der Waals surface area contributed by atoms with Crippen molar-refractivity contribution in [2.75, 3.05) is 13.7 Å². The monoisotopic (exact) mass is 277 g/mol. The quantitative estimate of drug-likeness (QED) is 0.885. The van der Waals surface area contributed by atoms with Crippen LogP contribution in [0.2, 0.25) is 0 Å². The molecule has 84 valence electrons. The van der Waals surface area contributed by atoms with Crippen molar-refractivity contribution in [3.05, 3.63) is 28.0 Å². The summed E-state index contributed by atoms with van der Waals surface area (Å²) in [6.07, 6.45) is -0.441. The third-order valence-electron chi connectivity index (χ3n) is 2.04. The third-order valence-corrected chi connectivity index (χ3v) is 2.50. The van der Waals surface area contributed by atoms with E-state index in [1.165, 1.54) is 13.2 Å². The number of benzene rings is 1.